The fourth-order valence-corrected chi connectivity index (χ4v) is 4.31. The molecule has 3 N–H and O–H groups in total. The number of hydrogen-bond acceptors (Lipinski definition) is 4. The Morgan fingerprint density at radius 1 is 0.806 bits per heavy atom. The molecule has 31 heavy (non-hydrogen) atoms. The van der Waals surface area contributed by atoms with Crippen molar-refractivity contribution < 1.29 is 24.2 Å². The minimum atomic E-state index is -1.01. The summed E-state index contributed by atoms with van der Waals surface area (Å²) >= 11 is 0. The van der Waals surface area contributed by atoms with E-state index in [0.717, 1.165) is 11.1 Å². The average Bonchev–Trinajstić information content (AvgIpc) is 2.76. The molecule has 2 amide bonds. The molecule has 0 radical (unpaired) electrons. The van der Waals surface area contributed by atoms with Crippen molar-refractivity contribution in [2.75, 3.05) is 0 Å². The third kappa shape index (κ3) is 3.91. The molecule has 2 aromatic rings. The normalized spacial score (nSPS) is 20.2. The summed E-state index contributed by atoms with van der Waals surface area (Å²) in [5.41, 5.74) is 8.38. The van der Waals surface area contributed by atoms with Crippen LogP contribution < -0.4 is 15.6 Å². The highest BCUT2D eigenvalue weighted by molar-refractivity contribution is 5.92. The van der Waals surface area contributed by atoms with Gasteiger partial charge in [0, 0.05) is 11.1 Å². The Balaban J connectivity index is 1.53. The number of aliphatic carboxylic acids is 1. The number of carboxylic acids is 1. The summed E-state index contributed by atoms with van der Waals surface area (Å²) in [6.07, 6.45) is 0.682. The van der Waals surface area contributed by atoms with E-state index in [0.29, 0.717) is 35.5 Å². The van der Waals surface area contributed by atoms with E-state index in [-0.39, 0.29) is 0 Å². The average molecular weight is 420 g/mol. The molecule has 1 aliphatic carbocycles. The van der Waals surface area contributed by atoms with Crippen LogP contribution in [-0.2, 0) is 14.4 Å². The van der Waals surface area contributed by atoms with E-state index in [1.165, 1.54) is 0 Å². The number of carboxylic acid groups (broad SMARTS) is 1. The third-order valence-electron chi connectivity index (χ3n) is 6.17. The quantitative estimate of drug-likeness (QED) is 0.521. The van der Waals surface area contributed by atoms with Gasteiger partial charge in [0.05, 0.1) is 17.8 Å². The molecule has 0 fully saturated rings. The van der Waals surface area contributed by atoms with Gasteiger partial charge in [0.2, 0.25) is 5.91 Å². The Kier molecular flexibility index (Phi) is 5.50. The molecule has 4 rings (SSSR count). The van der Waals surface area contributed by atoms with Crippen molar-refractivity contribution in [3.8, 4) is 11.5 Å². The van der Waals surface area contributed by atoms with Gasteiger partial charge in [-0.15, -0.1) is 0 Å². The lowest BCUT2D eigenvalue weighted by Gasteiger charge is -2.30. The molecule has 2 aromatic carbocycles. The van der Waals surface area contributed by atoms with Crippen LogP contribution in [-0.4, -0.2) is 22.9 Å². The first-order chi connectivity index (χ1) is 14.9. The monoisotopic (exact) mass is 420 g/mol. The maximum absolute atomic E-state index is 13.1. The maximum Gasteiger partial charge on any atom is 0.307 e. The Hall–Kier alpha value is -3.61. The molecule has 160 valence electrons. The molecule has 1 heterocycles. The van der Waals surface area contributed by atoms with Crippen LogP contribution in [0.15, 0.2) is 59.7 Å². The lowest BCUT2D eigenvalue weighted by molar-refractivity contribution is -0.148. The predicted octanol–water partition coefficient (Wildman–Crippen LogP) is 3.52. The predicted molar refractivity (Wildman–Crippen MR) is 113 cm³/mol. The zero-order valence-electron chi connectivity index (χ0n) is 17.3. The number of amides is 2. The van der Waals surface area contributed by atoms with E-state index >= 15 is 0 Å². The molecule has 1 aliphatic heterocycles. The van der Waals surface area contributed by atoms with E-state index in [4.69, 9.17) is 4.74 Å². The number of para-hydroxylation sites is 2. The first kappa shape index (κ1) is 20.7. The topological polar surface area (TPSA) is 105 Å². The first-order valence-corrected chi connectivity index (χ1v) is 10.2. The second-order valence-electron chi connectivity index (χ2n) is 8.11. The van der Waals surface area contributed by atoms with Gasteiger partial charge in [0.1, 0.15) is 11.5 Å². The van der Waals surface area contributed by atoms with Gasteiger partial charge in [-0.3, -0.25) is 25.2 Å². The summed E-state index contributed by atoms with van der Waals surface area (Å²) in [6.45, 7) is 3.80. The number of fused-ring (bicyclic) bond motifs is 2. The summed E-state index contributed by atoms with van der Waals surface area (Å²) in [7, 11) is 0. The van der Waals surface area contributed by atoms with Gasteiger partial charge in [-0.2, -0.15) is 0 Å². The standard InChI is InChI=1S/C24H24N2O5/c1-13-11-17(18(24(29)30)12-14(13)2)22(27)25-26-23(28)21-15-7-3-5-9-19(15)31-20-10-6-4-8-16(20)21/h3-10,17-18,21H,11-12H2,1-2H3,(H,25,27)(H,26,28)(H,29,30)/t17-,18-/m1/s1. The lowest BCUT2D eigenvalue weighted by Crippen LogP contribution is -2.49. The molecule has 0 saturated carbocycles. The summed E-state index contributed by atoms with van der Waals surface area (Å²) < 4.78 is 5.90. The molecular formula is C24H24N2O5. The van der Waals surface area contributed by atoms with Crippen molar-refractivity contribution in [3.63, 3.8) is 0 Å². The number of allylic oxidation sites excluding steroid dienone is 2. The van der Waals surface area contributed by atoms with Crippen LogP contribution in [0.1, 0.15) is 43.7 Å². The van der Waals surface area contributed by atoms with Crippen molar-refractivity contribution in [3.05, 3.63) is 70.8 Å². The van der Waals surface area contributed by atoms with Gasteiger partial charge in [-0.05, 0) is 38.8 Å². The number of benzene rings is 2. The molecule has 0 bridgehead atoms. The number of hydrogen-bond donors (Lipinski definition) is 3. The van der Waals surface area contributed by atoms with E-state index in [1.807, 2.05) is 50.2 Å². The number of carbonyl (C=O) groups is 3. The van der Waals surface area contributed by atoms with Crippen LogP contribution in [0.25, 0.3) is 0 Å². The summed E-state index contributed by atoms with van der Waals surface area (Å²) in [4.78, 5) is 37.6. The van der Waals surface area contributed by atoms with Gasteiger partial charge in [-0.25, -0.2) is 0 Å². The highest BCUT2D eigenvalue weighted by Crippen LogP contribution is 2.43. The zero-order chi connectivity index (χ0) is 22.1. The van der Waals surface area contributed by atoms with Crippen molar-refractivity contribution in [1.29, 1.82) is 0 Å². The van der Waals surface area contributed by atoms with Crippen LogP contribution in [0, 0.1) is 11.8 Å². The highest BCUT2D eigenvalue weighted by atomic mass is 16.5. The van der Waals surface area contributed by atoms with Crippen LogP contribution in [0.2, 0.25) is 0 Å². The van der Waals surface area contributed by atoms with E-state index in [1.54, 1.807) is 12.1 Å². The third-order valence-corrected chi connectivity index (χ3v) is 6.17. The second kappa shape index (κ2) is 8.26. The fourth-order valence-electron chi connectivity index (χ4n) is 4.31. The fraction of sp³-hybridized carbons (Fsp3) is 0.292. The molecule has 0 saturated heterocycles. The van der Waals surface area contributed by atoms with E-state index in [9.17, 15) is 19.5 Å². The Morgan fingerprint density at radius 3 is 1.84 bits per heavy atom. The van der Waals surface area contributed by atoms with Crippen molar-refractivity contribution in [2.24, 2.45) is 11.8 Å². The SMILES string of the molecule is CC1=C(C)C[C@@H](C(=O)NNC(=O)C2c3ccccc3Oc3ccccc32)[C@H](C(=O)O)C1. The maximum atomic E-state index is 13.1. The van der Waals surface area contributed by atoms with E-state index < -0.39 is 35.5 Å². The minimum absolute atomic E-state index is 0.327. The van der Waals surface area contributed by atoms with E-state index in [2.05, 4.69) is 10.9 Å². The zero-order valence-corrected chi connectivity index (χ0v) is 17.3. The molecular weight excluding hydrogens is 396 g/mol. The van der Waals surface area contributed by atoms with Gasteiger partial charge >= 0.3 is 5.97 Å². The largest absolute Gasteiger partial charge is 0.481 e. The van der Waals surface area contributed by atoms with Gasteiger partial charge in [0.25, 0.3) is 5.91 Å². The number of carbonyl (C=O) groups excluding carboxylic acids is 2. The Bertz CT molecular complexity index is 1050. The van der Waals surface area contributed by atoms with Crippen LogP contribution in [0.4, 0.5) is 0 Å². The number of nitrogens with one attached hydrogen (secondary N) is 2. The molecule has 7 heteroatoms. The molecule has 0 aromatic heterocycles. The van der Waals surface area contributed by atoms with Crippen molar-refractivity contribution >= 4 is 17.8 Å². The molecule has 0 spiro atoms. The van der Waals surface area contributed by atoms with Gasteiger partial charge < -0.3 is 9.84 Å². The van der Waals surface area contributed by atoms with Gasteiger partial charge in [-0.1, -0.05) is 47.5 Å². The molecule has 2 atom stereocenters. The smallest absolute Gasteiger partial charge is 0.307 e. The number of ether oxygens (including phenoxy) is 1. The van der Waals surface area contributed by atoms with Crippen LogP contribution in [0.5, 0.6) is 11.5 Å². The Labute approximate surface area is 180 Å². The molecule has 2 aliphatic rings. The Morgan fingerprint density at radius 2 is 1.29 bits per heavy atom. The first-order valence-electron chi connectivity index (χ1n) is 10.2. The second-order valence-corrected chi connectivity index (χ2v) is 8.11. The number of hydrazine groups is 1. The van der Waals surface area contributed by atoms with Crippen LogP contribution >= 0.6 is 0 Å². The van der Waals surface area contributed by atoms with Gasteiger partial charge in [0.15, 0.2) is 0 Å². The minimum Gasteiger partial charge on any atom is -0.481 e. The van der Waals surface area contributed by atoms with Crippen molar-refractivity contribution in [2.45, 2.75) is 32.6 Å². The summed E-state index contributed by atoms with van der Waals surface area (Å²) in [5.74, 6) is -2.97. The van der Waals surface area contributed by atoms with Crippen LogP contribution in [0.3, 0.4) is 0 Å². The highest BCUT2D eigenvalue weighted by Gasteiger charge is 2.38. The number of rotatable bonds is 3. The summed E-state index contributed by atoms with van der Waals surface area (Å²) in [5, 5.41) is 9.56. The van der Waals surface area contributed by atoms with Crippen molar-refractivity contribution in [1.82, 2.24) is 10.9 Å². The molecule has 0 unspecified atom stereocenters. The summed E-state index contributed by atoms with van der Waals surface area (Å²) in [6, 6.07) is 14.5. The molecule has 7 nitrogen and oxygen atoms in total. The lowest BCUT2D eigenvalue weighted by atomic mass is 9.76.